The van der Waals surface area contributed by atoms with E-state index in [9.17, 15) is 0 Å². The number of unbranched alkanes of at least 4 members (excludes halogenated alkanes) is 19. The second kappa shape index (κ2) is 23.8. The molecule has 0 spiro atoms. The van der Waals surface area contributed by atoms with Crippen LogP contribution in [0.5, 0.6) is 0 Å². The molecule has 0 aliphatic carbocycles. The van der Waals surface area contributed by atoms with Crippen LogP contribution in [0.2, 0.25) is 12.6 Å². The van der Waals surface area contributed by atoms with E-state index in [1.165, 1.54) is 128 Å². The molecule has 0 amide bonds. The van der Waals surface area contributed by atoms with Gasteiger partial charge < -0.3 is 8.85 Å². The summed E-state index contributed by atoms with van der Waals surface area (Å²) in [6.45, 7) is 10.3. The van der Waals surface area contributed by atoms with Crippen LogP contribution in [-0.2, 0) is 8.85 Å². The number of hydrogen-bond donors (Lipinski definition) is 0. The minimum Gasteiger partial charge on any atom is -0.395 e. The summed E-state index contributed by atoms with van der Waals surface area (Å²) in [5.74, 6) is 0. The first-order chi connectivity index (χ1) is 14.7. The van der Waals surface area contributed by atoms with Gasteiger partial charge in [0.15, 0.2) is 0 Å². The zero-order chi connectivity index (χ0) is 22.2. The van der Waals surface area contributed by atoms with Gasteiger partial charge in [-0.3, -0.25) is 0 Å². The van der Waals surface area contributed by atoms with Crippen molar-refractivity contribution in [3.8, 4) is 0 Å². The van der Waals surface area contributed by atoms with Crippen molar-refractivity contribution in [2.45, 2.75) is 162 Å². The highest BCUT2D eigenvalue weighted by Crippen LogP contribution is 2.19. The van der Waals surface area contributed by atoms with Gasteiger partial charge in [0, 0.05) is 13.2 Å². The first-order valence-corrected chi connectivity index (χ1v) is 16.5. The molecule has 0 rings (SSSR count). The van der Waals surface area contributed by atoms with Crippen LogP contribution < -0.4 is 0 Å². The van der Waals surface area contributed by atoms with Crippen LogP contribution in [0.4, 0.5) is 0 Å². The van der Waals surface area contributed by atoms with Gasteiger partial charge in [0.05, 0.1) is 0 Å². The predicted octanol–water partition coefficient (Wildman–Crippen LogP) is 9.95. The van der Waals surface area contributed by atoms with Crippen molar-refractivity contribution < 1.29 is 8.85 Å². The molecule has 0 aromatic rings. The minimum atomic E-state index is -1.86. The van der Waals surface area contributed by atoms with E-state index in [1.54, 1.807) is 0 Å². The van der Waals surface area contributed by atoms with Crippen molar-refractivity contribution in [1.29, 1.82) is 0 Å². The van der Waals surface area contributed by atoms with Gasteiger partial charge in [-0.2, -0.15) is 0 Å². The molecule has 30 heavy (non-hydrogen) atoms. The lowest BCUT2D eigenvalue weighted by Gasteiger charge is -2.25. The predicted molar refractivity (Wildman–Crippen MR) is 138 cm³/mol. The Kier molecular flexibility index (Phi) is 23.9. The molecule has 0 aliphatic rings. The largest absolute Gasteiger partial charge is 0.395 e. The van der Waals surface area contributed by atoms with E-state index >= 15 is 0 Å². The summed E-state index contributed by atoms with van der Waals surface area (Å²) in [5.41, 5.74) is 0. The Labute approximate surface area is 192 Å². The fourth-order valence-corrected chi connectivity index (χ4v) is 6.98. The van der Waals surface area contributed by atoms with E-state index < -0.39 is 8.56 Å². The van der Waals surface area contributed by atoms with E-state index in [-0.39, 0.29) is 0 Å². The first-order valence-electron chi connectivity index (χ1n) is 14.0. The molecule has 0 N–H and O–H groups in total. The average Bonchev–Trinajstić information content (AvgIpc) is 2.72. The van der Waals surface area contributed by atoms with Gasteiger partial charge in [-0.1, -0.05) is 135 Å². The van der Waals surface area contributed by atoms with E-state index in [1.807, 2.05) is 0 Å². The van der Waals surface area contributed by atoms with Crippen LogP contribution >= 0.6 is 0 Å². The van der Waals surface area contributed by atoms with Crippen molar-refractivity contribution in [2.24, 2.45) is 0 Å². The Bertz CT molecular complexity index is 316. The van der Waals surface area contributed by atoms with Crippen molar-refractivity contribution in [3.05, 3.63) is 0 Å². The molecule has 0 aromatic heterocycles. The summed E-state index contributed by atoms with van der Waals surface area (Å²) in [7, 11) is -1.86. The zero-order valence-corrected chi connectivity index (χ0v) is 22.6. The van der Waals surface area contributed by atoms with Gasteiger partial charge >= 0.3 is 8.56 Å². The number of hydrogen-bond acceptors (Lipinski definition) is 2. The topological polar surface area (TPSA) is 18.5 Å². The molecule has 0 radical (unpaired) electrons. The van der Waals surface area contributed by atoms with Crippen molar-refractivity contribution >= 4 is 8.56 Å². The first kappa shape index (κ1) is 30.1. The van der Waals surface area contributed by atoms with Gasteiger partial charge in [-0.15, -0.1) is 0 Å². The van der Waals surface area contributed by atoms with Crippen LogP contribution in [0, 0.1) is 0 Å². The number of rotatable bonds is 25. The molecule has 0 aliphatic heterocycles. The second-order valence-electron chi connectivity index (χ2n) is 9.47. The quantitative estimate of drug-likeness (QED) is 0.103. The van der Waals surface area contributed by atoms with Crippen molar-refractivity contribution in [1.82, 2.24) is 0 Å². The summed E-state index contributed by atoms with van der Waals surface area (Å²) < 4.78 is 11.9. The Balaban J connectivity index is 3.21. The maximum absolute atomic E-state index is 5.93. The smallest absolute Gasteiger partial charge is 0.334 e. The highest BCUT2D eigenvalue weighted by atomic mass is 28.4. The maximum Gasteiger partial charge on any atom is 0.334 e. The normalized spacial score (nSPS) is 12.0. The molecule has 0 heterocycles. The van der Waals surface area contributed by atoms with Crippen molar-refractivity contribution in [2.75, 3.05) is 13.2 Å². The zero-order valence-electron chi connectivity index (χ0n) is 21.6. The van der Waals surface area contributed by atoms with Crippen LogP contribution in [0.1, 0.15) is 149 Å². The molecule has 2 nitrogen and oxygen atoms in total. The van der Waals surface area contributed by atoms with Crippen LogP contribution in [0.15, 0.2) is 0 Å². The Morgan fingerprint density at radius 2 is 0.667 bits per heavy atom. The molecule has 0 fully saturated rings. The fourth-order valence-electron chi connectivity index (χ4n) is 4.50. The molecule has 0 saturated carbocycles. The molecule has 0 bridgehead atoms. The third-order valence-corrected chi connectivity index (χ3v) is 9.44. The molecule has 0 aromatic carbocycles. The minimum absolute atomic E-state index is 0.794. The Hall–Kier alpha value is 0.137. The standard InChI is InChI=1S/C27H58O2Si/c1-5-8-9-10-11-12-13-14-15-16-17-18-19-20-21-22-23-24-25-26-27-30(4,28-6-2)29-7-3/h5-27H2,1-4H3. The molecular formula is C27H58O2Si. The molecule has 0 saturated heterocycles. The summed E-state index contributed by atoms with van der Waals surface area (Å²) in [6, 6.07) is 1.16. The van der Waals surface area contributed by atoms with Crippen molar-refractivity contribution in [3.63, 3.8) is 0 Å². The third-order valence-electron chi connectivity index (χ3n) is 6.38. The summed E-state index contributed by atoms with van der Waals surface area (Å²) in [4.78, 5) is 0. The lowest BCUT2D eigenvalue weighted by molar-refractivity contribution is 0.188. The summed E-state index contributed by atoms with van der Waals surface area (Å²) in [6.07, 6.45) is 28.8. The molecule has 3 heteroatoms. The van der Waals surface area contributed by atoms with E-state index in [4.69, 9.17) is 8.85 Å². The average molecular weight is 443 g/mol. The van der Waals surface area contributed by atoms with Gasteiger partial charge in [0.25, 0.3) is 0 Å². The van der Waals surface area contributed by atoms with Gasteiger partial charge in [-0.05, 0) is 26.4 Å². The lowest BCUT2D eigenvalue weighted by atomic mass is 10.0. The van der Waals surface area contributed by atoms with Gasteiger partial charge in [0.2, 0.25) is 0 Å². The monoisotopic (exact) mass is 442 g/mol. The Morgan fingerprint density at radius 1 is 0.400 bits per heavy atom. The van der Waals surface area contributed by atoms with Crippen LogP contribution in [0.3, 0.4) is 0 Å². The summed E-state index contributed by atoms with van der Waals surface area (Å²) in [5, 5.41) is 0. The molecular weight excluding hydrogens is 384 g/mol. The summed E-state index contributed by atoms with van der Waals surface area (Å²) >= 11 is 0. The molecule has 182 valence electrons. The van der Waals surface area contributed by atoms with Crippen LogP contribution in [-0.4, -0.2) is 21.8 Å². The maximum atomic E-state index is 5.93. The van der Waals surface area contributed by atoms with E-state index in [2.05, 4.69) is 27.3 Å². The van der Waals surface area contributed by atoms with E-state index in [0.29, 0.717) is 0 Å². The lowest BCUT2D eigenvalue weighted by Crippen LogP contribution is -2.38. The van der Waals surface area contributed by atoms with Crippen LogP contribution in [0.25, 0.3) is 0 Å². The Morgan fingerprint density at radius 3 is 0.933 bits per heavy atom. The highest BCUT2D eigenvalue weighted by molar-refractivity contribution is 6.66. The van der Waals surface area contributed by atoms with E-state index in [0.717, 1.165) is 19.3 Å². The SMILES string of the molecule is CCCCCCCCCCCCCCCCCCCCCC[Si](C)(OCC)OCC. The fraction of sp³-hybridized carbons (Fsp3) is 1.00. The third kappa shape index (κ3) is 21.4. The second-order valence-corrected chi connectivity index (χ2v) is 12.8. The van der Waals surface area contributed by atoms with Gasteiger partial charge in [-0.25, -0.2) is 0 Å². The highest BCUT2D eigenvalue weighted by Gasteiger charge is 2.29. The molecule has 0 atom stereocenters. The molecule has 0 unspecified atom stereocenters. The van der Waals surface area contributed by atoms with Gasteiger partial charge in [0.1, 0.15) is 0 Å².